The molecule has 0 aliphatic carbocycles. The minimum Gasteiger partial charge on any atom is -0.548 e. The average molecular weight is 399 g/mol. The van der Waals surface area contributed by atoms with Crippen LogP contribution in [0, 0.1) is 0 Å². The maximum atomic E-state index is 12.2. The van der Waals surface area contributed by atoms with Gasteiger partial charge in [-0.25, -0.2) is 4.98 Å². The number of amides is 1. The summed E-state index contributed by atoms with van der Waals surface area (Å²) in [6, 6.07) is 9.60. The van der Waals surface area contributed by atoms with Gasteiger partial charge in [0.15, 0.2) is 5.13 Å². The molecule has 1 aromatic carbocycles. The number of carbonyl (C=O) groups excluding carboxylic acids is 2. The predicted molar refractivity (Wildman–Crippen MR) is 96.7 cm³/mol. The fraction of sp³-hybridized carbons (Fsp3) is 0.0667. The first kappa shape index (κ1) is 20.1. The summed E-state index contributed by atoms with van der Waals surface area (Å²) in [5, 5.41) is 16.3. The molecule has 1 aliphatic heterocycles. The van der Waals surface area contributed by atoms with Gasteiger partial charge < -0.3 is 15.2 Å². The Balaban J connectivity index is 0.00000225. The van der Waals surface area contributed by atoms with Crippen LogP contribution in [0.4, 0.5) is 10.8 Å². The molecule has 1 amide bonds. The van der Waals surface area contributed by atoms with E-state index < -0.39 is 18.4 Å². The molecule has 0 atom stereocenters. The molecule has 122 valence electrons. The van der Waals surface area contributed by atoms with Crippen molar-refractivity contribution in [3.05, 3.63) is 46.3 Å². The fourth-order valence-corrected chi connectivity index (χ4v) is 3.88. The molecule has 1 fully saturated rings. The van der Waals surface area contributed by atoms with Crippen molar-refractivity contribution in [2.24, 2.45) is 0 Å². The molecule has 1 saturated heterocycles. The molecule has 0 bridgehead atoms. The van der Waals surface area contributed by atoms with Crippen LogP contribution in [0.3, 0.4) is 0 Å². The Morgan fingerprint density at radius 1 is 1.36 bits per heavy atom. The maximum Gasteiger partial charge on any atom is 1.00 e. The normalized spacial score (nSPS) is 15.4. The van der Waals surface area contributed by atoms with Gasteiger partial charge in [-0.1, -0.05) is 42.2 Å². The molecular formula is C15H10N3NaO3S3. The molecule has 1 aliphatic rings. The zero-order chi connectivity index (χ0) is 17.1. The van der Waals surface area contributed by atoms with E-state index >= 15 is 0 Å². The molecule has 0 spiro atoms. The standard InChI is InChI=1S/C15H11N3O3S3.Na/c19-12(20)7-18-13(21)11(24-15(18)22)6-10-8-23-14(17-10)16-9-4-2-1-3-5-9;/h1-6,8H,7H2,(H,16,17)(H,19,20);/q;+1/p-1/b11-6-;. The summed E-state index contributed by atoms with van der Waals surface area (Å²) in [4.78, 5) is 28.6. The summed E-state index contributed by atoms with van der Waals surface area (Å²) in [5.74, 6) is -1.80. The Morgan fingerprint density at radius 3 is 2.76 bits per heavy atom. The van der Waals surface area contributed by atoms with Gasteiger partial charge in [-0.15, -0.1) is 11.3 Å². The monoisotopic (exact) mass is 399 g/mol. The first-order valence-corrected chi connectivity index (χ1v) is 8.86. The number of nitrogens with one attached hydrogen (secondary N) is 1. The Bertz CT molecular complexity index is 839. The van der Waals surface area contributed by atoms with Crippen LogP contribution in [0.2, 0.25) is 0 Å². The van der Waals surface area contributed by atoms with E-state index in [1.54, 1.807) is 11.5 Å². The van der Waals surface area contributed by atoms with Crippen LogP contribution in [0.15, 0.2) is 40.6 Å². The summed E-state index contributed by atoms with van der Waals surface area (Å²) >= 11 is 7.48. The van der Waals surface area contributed by atoms with Gasteiger partial charge in [0.1, 0.15) is 4.32 Å². The van der Waals surface area contributed by atoms with Crippen molar-refractivity contribution in [1.29, 1.82) is 0 Å². The number of rotatable bonds is 5. The van der Waals surface area contributed by atoms with Crippen molar-refractivity contribution in [1.82, 2.24) is 9.88 Å². The van der Waals surface area contributed by atoms with Crippen molar-refractivity contribution < 1.29 is 44.3 Å². The molecule has 3 rings (SSSR count). The van der Waals surface area contributed by atoms with Crippen LogP contribution < -0.4 is 40.0 Å². The number of carbonyl (C=O) groups is 2. The third-order valence-corrected chi connectivity index (χ3v) is 5.14. The van der Waals surface area contributed by atoms with Gasteiger partial charge in [-0.05, 0) is 18.2 Å². The van der Waals surface area contributed by atoms with Crippen LogP contribution in [0.1, 0.15) is 5.69 Å². The largest absolute Gasteiger partial charge is 1.00 e. The van der Waals surface area contributed by atoms with Crippen molar-refractivity contribution >= 4 is 68.4 Å². The number of hydrogen-bond acceptors (Lipinski definition) is 8. The van der Waals surface area contributed by atoms with E-state index in [0.29, 0.717) is 15.7 Å². The zero-order valence-electron chi connectivity index (χ0n) is 13.1. The predicted octanol–water partition coefficient (Wildman–Crippen LogP) is -1.16. The van der Waals surface area contributed by atoms with E-state index in [1.807, 2.05) is 30.3 Å². The van der Waals surface area contributed by atoms with E-state index in [1.165, 1.54) is 11.3 Å². The Kier molecular flexibility index (Phi) is 7.17. The molecule has 25 heavy (non-hydrogen) atoms. The number of thiazole rings is 1. The van der Waals surface area contributed by atoms with Gasteiger partial charge in [-0.2, -0.15) is 0 Å². The molecule has 2 heterocycles. The molecular weight excluding hydrogens is 389 g/mol. The van der Waals surface area contributed by atoms with Crippen molar-refractivity contribution in [3.63, 3.8) is 0 Å². The van der Waals surface area contributed by atoms with Crippen LogP contribution in [0.25, 0.3) is 6.08 Å². The summed E-state index contributed by atoms with van der Waals surface area (Å²) < 4.78 is 0.202. The molecule has 10 heteroatoms. The van der Waals surface area contributed by atoms with E-state index in [2.05, 4.69) is 10.3 Å². The number of aliphatic carboxylic acids is 1. The van der Waals surface area contributed by atoms with Gasteiger partial charge in [0, 0.05) is 11.1 Å². The Morgan fingerprint density at radius 2 is 2.08 bits per heavy atom. The summed E-state index contributed by atoms with van der Waals surface area (Å²) in [5.41, 5.74) is 1.52. The second-order valence-electron chi connectivity index (χ2n) is 4.71. The summed E-state index contributed by atoms with van der Waals surface area (Å²) in [6.45, 7) is -0.542. The van der Waals surface area contributed by atoms with E-state index in [9.17, 15) is 14.7 Å². The molecule has 0 saturated carbocycles. The number of anilines is 2. The minimum absolute atomic E-state index is 0. The van der Waals surface area contributed by atoms with Crippen LogP contribution in [0.5, 0.6) is 0 Å². The smallest absolute Gasteiger partial charge is 0.548 e. The number of carboxylic acids is 1. The second kappa shape index (κ2) is 8.93. The summed E-state index contributed by atoms with van der Waals surface area (Å²) in [6.07, 6.45) is 1.60. The molecule has 2 aromatic rings. The van der Waals surface area contributed by atoms with E-state index in [4.69, 9.17) is 12.2 Å². The van der Waals surface area contributed by atoms with Crippen LogP contribution in [-0.2, 0) is 9.59 Å². The zero-order valence-corrected chi connectivity index (χ0v) is 17.5. The molecule has 6 nitrogen and oxygen atoms in total. The first-order chi connectivity index (χ1) is 11.5. The molecule has 1 aromatic heterocycles. The van der Waals surface area contributed by atoms with Crippen molar-refractivity contribution in [2.45, 2.75) is 0 Å². The number of thioether (sulfide) groups is 1. The topological polar surface area (TPSA) is 85.4 Å². The van der Waals surface area contributed by atoms with Crippen molar-refractivity contribution in [3.8, 4) is 0 Å². The van der Waals surface area contributed by atoms with Crippen LogP contribution in [-0.4, -0.2) is 32.6 Å². The fourth-order valence-electron chi connectivity index (χ4n) is 1.95. The van der Waals surface area contributed by atoms with Gasteiger partial charge >= 0.3 is 29.6 Å². The van der Waals surface area contributed by atoms with Gasteiger partial charge in [0.05, 0.1) is 23.1 Å². The van der Waals surface area contributed by atoms with E-state index in [-0.39, 0.29) is 33.9 Å². The van der Waals surface area contributed by atoms with Crippen molar-refractivity contribution in [2.75, 3.05) is 11.9 Å². The van der Waals surface area contributed by atoms with E-state index in [0.717, 1.165) is 22.3 Å². The Labute approximate surface area is 179 Å². The third-order valence-electron chi connectivity index (χ3n) is 2.99. The number of benzene rings is 1. The van der Waals surface area contributed by atoms with Crippen LogP contribution >= 0.6 is 35.3 Å². The number of aromatic nitrogens is 1. The summed E-state index contributed by atoms with van der Waals surface area (Å²) in [7, 11) is 0. The average Bonchev–Trinajstić information content (AvgIpc) is 3.08. The first-order valence-electron chi connectivity index (χ1n) is 6.76. The SMILES string of the molecule is O=C([O-])CN1C(=O)/C(=C/c2csc(Nc3ccccc3)n2)SC1=S.[Na+]. The molecule has 1 N–H and O–H groups in total. The van der Waals surface area contributed by atoms with Gasteiger partial charge in [0.2, 0.25) is 0 Å². The number of nitrogens with zero attached hydrogens (tertiary/aromatic N) is 2. The maximum absolute atomic E-state index is 12.2. The van der Waals surface area contributed by atoms with Gasteiger partial charge in [-0.3, -0.25) is 9.69 Å². The Hall–Kier alpha value is -1.23. The second-order valence-corrected chi connectivity index (χ2v) is 7.24. The quantitative estimate of drug-likeness (QED) is 0.386. The third kappa shape index (κ3) is 5.13. The number of para-hydroxylation sites is 1. The molecule has 0 unspecified atom stereocenters. The number of carboxylic acid groups (broad SMARTS) is 1. The number of thiocarbonyl (C=S) groups is 1. The van der Waals surface area contributed by atoms with Gasteiger partial charge in [0.25, 0.3) is 5.91 Å². The molecule has 0 radical (unpaired) electrons. The minimum atomic E-state index is -1.35. The number of hydrogen-bond donors (Lipinski definition) is 1.